The van der Waals surface area contributed by atoms with Gasteiger partial charge in [-0.3, -0.25) is 14.5 Å². The van der Waals surface area contributed by atoms with Gasteiger partial charge in [-0.2, -0.15) is 0 Å². The number of Topliss-reactive ketones (excluding diaryl/α,β-unsaturated/α-hetero) is 1. The Morgan fingerprint density at radius 2 is 2.00 bits per heavy atom. The number of ketones is 1. The molecular formula is C15H19BrN2O2. The van der Waals surface area contributed by atoms with Crippen molar-refractivity contribution >= 4 is 27.6 Å². The van der Waals surface area contributed by atoms with Gasteiger partial charge in [-0.25, -0.2) is 0 Å². The number of nitrogens with zero attached hydrogens (tertiary/aromatic N) is 2. The number of rotatable bonds is 3. The predicted octanol–water partition coefficient (Wildman–Crippen LogP) is 2.19. The second-order valence-corrected chi connectivity index (χ2v) is 5.98. The fraction of sp³-hybridized carbons (Fsp3) is 0.467. The van der Waals surface area contributed by atoms with Crippen LogP contribution in [0, 0.1) is 0 Å². The van der Waals surface area contributed by atoms with Crippen molar-refractivity contribution in [2.24, 2.45) is 0 Å². The van der Waals surface area contributed by atoms with E-state index in [0.717, 1.165) is 36.1 Å². The van der Waals surface area contributed by atoms with Gasteiger partial charge in [0.2, 0.25) is 5.91 Å². The van der Waals surface area contributed by atoms with E-state index in [1.54, 1.807) is 6.92 Å². The van der Waals surface area contributed by atoms with Crippen molar-refractivity contribution in [2.75, 3.05) is 32.7 Å². The highest BCUT2D eigenvalue weighted by molar-refractivity contribution is 9.10. The van der Waals surface area contributed by atoms with Crippen LogP contribution in [0.25, 0.3) is 0 Å². The average molecular weight is 339 g/mol. The van der Waals surface area contributed by atoms with E-state index in [9.17, 15) is 9.59 Å². The van der Waals surface area contributed by atoms with Crippen LogP contribution in [-0.2, 0) is 4.79 Å². The van der Waals surface area contributed by atoms with E-state index in [1.807, 2.05) is 29.2 Å². The Morgan fingerprint density at radius 1 is 1.20 bits per heavy atom. The molecule has 5 heteroatoms. The minimum absolute atomic E-state index is 0.116. The number of benzene rings is 1. The molecule has 0 aliphatic carbocycles. The van der Waals surface area contributed by atoms with Gasteiger partial charge in [0.05, 0.1) is 6.54 Å². The van der Waals surface area contributed by atoms with Crippen LogP contribution in [0.1, 0.15) is 23.7 Å². The van der Waals surface area contributed by atoms with Crippen molar-refractivity contribution in [3.05, 3.63) is 34.3 Å². The fourth-order valence-electron chi connectivity index (χ4n) is 2.40. The van der Waals surface area contributed by atoms with Crippen LogP contribution >= 0.6 is 15.9 Å². The minimum atomic E-state index is 0.116. The zero-order valence-corrected chi connectivity index (χ0v) is 13.2. The standard InChI is InChI=1S/C15H19BrN2O2/c1-12(19)18-7-3-6-17(8-9-18)11-15(20)13-4-2-5-14(16)10-13/h2,4-5,10H,3,6-9,11H2,1H3. The van der Waals surface area contributed by atoms with Gasteiger partial charge in [0.15, 0.2) is 5.78 Å². The molecule has 20 heavy (non-hydrogen) atoms. The fourth-order valence-corrected chi connectivity index (χ4v) is 2.80. The molecule has 0 atom stereocenters. The smallest absolute Gasteiger partial charge is 0.219 e. The molecule has 1 aromatic rings. The molecule has 0 spiro atoms. The van der Waals surface area contributed by atoms with Crippen LogP contribution in [0.3, 0.4) is 0 Å². The van der Waals surface area contributed by atoms with Gasteiger partial charge in [-0.1, -0.05) is 28.1 Å². The third-order valence-corrected chi connectivity index (χ3v) is 4.04. The van der Waals surface area contributed by atoms with Crippen molar-refractivity contribution in [1.82, 2.24) is 9.80 Å². The van der Waals surface area contributed by atoms with Crippen molar-refractivity contribution in [1.29, 1.82) is 0 Å². The molecule has 108 valence electrons. The first-order valence-corrected chi connectivity index (χ1v) is 7.62. The molecule has 0 aromatic heterocycles. The van der Waals surface area contributed by atoms with Crippen LogP contribution in [0.15, 0.2) is 28.7 Å². The summed E-state index contributed by atoms with van der Waals surface area (Å²) in [6.45, 7) is 5.14. The molecular weight excluding hydrogens is 320 g/mol. The Bertz CT molecular complexity index is 504. The van der Waals surface area contributed by atoms with E-state index < -0.39 is 0 Å². The molecule has 1 amide bonds. The predicted molar refractivity (Wildman–Crippen MR) is 81.8 cm³/mol. The molecule has 1 aromatic carbocycles. The molecule has 1 aliphatic rings. The molecule has 2 rings (SSSR count). The first-order chi connectivity index (χ1) is 9.56. The lowest BCUT2D eigenvalue weighted by Gasteiger charge is -2.20. The van der Waals surface area contributed by atoms with E-state index in [2.05, 4.69) is 20.8 Å². The number of carbonyl (C=O) groups is 2. The van der Waals surface area contributed by atoms with Crippen LogP contribution in [-0.4, -0.2) is 54.2 Å². The van der Waals surface area contributed by atoms with Crippen LogP contribution < -0.4 is 0 Å². The van der Waals surface area contributed by atoms with Crippen molar-refractivity contribution in [2.45, 2.75) is 13.3 Å². The Morgan fingerprint density at radius 3 is 2.70 bits per heavy atom. The monoisotopic (exact) mass is 338 g/mol. The largest absolute Gasteiger partial charge is 0.342 e. The Kier molecular flexibility index (Phi) is 5.31. The molecule has 1 fully saturated rings. The summed E-state index contributed by atoms with van der Waals surface area (Å²) in [5.41, 5.74) is 0.729. The first kappa shape index (κ1) is 15.2. The summed E-state index contributed by atoms with van der Waals surface area (Å²) in [6.07, 6.45) is 0.922. The quantitative estimate of drug-likeness (QED) is 0.793. The molecule has 4 nitrogen and oxygen atoms in total. The van der Waals surface area contributed by atoms with Gasteiger partial charge >= 0.3 is 0 Å². The van der Waals surface area contributed by atoms with Crippen LogP contribution in [0.4, 0.5) is 0 Å². The normalized spacial score (nSPS) is 16.8. The summed E-state index contributed by atoms with van der Waals surface area (Å²) >= 11 is 3.38. The minimum Gasteiger partial charge on any atom is -0.342 e. The lowest BCUT2D eigenvalue weighted by atomic mass is 10.1. The maximum Gasteiger partial charge on any atom is 0.219 e. The summed E-state index contributed by atoms with van der Waals surface area (Å²) in [7, 11) is 0. The van der Waals surface area contributed by atoms with Gasteiger partial charge in [-0.15, -0.1) is 0 Å². The highest BCUT2D eigenvalue weighted by atomic mass is 79.9. The Hall–Kier alpha value is -1.20. The lowest BCUT2D eigenvalue weighted by Crippen LogP contribution is -2.35. The summed E-state index contributed by atoms with van der Waals surface area (Å²) in [6, 6.07) is 7.47. The van der Waals surface area contributed by atoms with Gasteiger partial charge in [0, 0.05) is 43.1 Å². The molecule has 0 radical (unpaired) electrons. The third-order valence-electron chi connectivity index (χ3n) is 3.55. The zero-order chi connectivity index (χ0) is 14.5. The molecule has 0 saturated carbocycles. The van der Waals surface area contributed by atoms with E-state index in [-0.39, 0.29) is 11.7 Å². The number of carbonyl (C=O) groups excluding carboxylic acids is 2. The lowest BCUT2D eigenvalue weighted by molar-refractivity contribution is -0.128. The van der Waals surface area contributed by atoms with Crippen molar-refractivity contribution < 1.29 is 9.59 Å². The summed E-state index contributed by atoms with van der Waals surface area (Å²) in [5.74, 6) is 0.243. The number of hydrogen-bond donors (Lipinski definition) is 0. The van der Waals surface area contributed by atoms with Crippen LogP contribution in [0.5, 0.6) is 0 Å². The Balaban J connectivity index is 1.93. The van der Waals surface area contributed by atoms with E-state index in [0.29, 0.717) is 13.1 Å². The molecule has 1 heterocycles. The molecule has 0 N–H and O–H groups in total. The van der Waals surface area contributed by atoms with Gasteiger partial charge < -0.3 is 4.90 Å². The van der Waals surface area contributed by atoms with Crippen molar-refractivity contribution in [3.8, 4) is 0 Å². The molecule has 1 aliphatic heterocycles. The van der Waals surface area contributed by atoms with E-state index in [1.165, 1.54) is 0 Å². The first-order valence-electron chi connectivity index (χ1n) is 6.83. The molecule has 0 bridgehead atoms. The maximum atomic E-state index is 12.2. The summed E-state index contributed by atoms with van der Waals surface area (Å²) in [5, 5.41) is 0. The highest BCUT2D eigenvalue weighted by Crippen LogP contribution is 2.13. The van der Waals surface area contributed by atoms with E-state index >= 15 is 0 Å². The Labute approximate surface area is 127 Å². The number of amides is 1. The molecule has 0 unspecified atom stereocenters. The zero-order valence-electron chi connectivity index (χ0n) is 11.6. The number of halogens is 1. The molecule has 1 saturated heterocycles. The highest BCUT2D eigenvalue weighted by Gasteiger charge is 2.18. The summed E-state index contributed by atoms with van der Waals surface area (Å²) in [4.78, 5) is 27.6. The average Bonchev–Trinajstić information content (AvgIpc) is 2.64. The third kappa shape index (κ3) is 4.15. The van der Waals surface area contributed by atoms with Crippen molar-refractivity contribution in [3.63, 3.8) is 0 Å². The van der Waals surface area contributed by atoms with Gasteiger partial charge in [0.1, 0.15) is 0 Å². The summed E-state index contributed by atoms with van der Waals surface area (Å²) < 4.78 is 0.918. The van der Waals surface area contributed by atoms with E-state index in [4.69, 9.17) is 0 Å². The number of hydrogen-bond acceptors (Lipinski definition) is 3. The van der Waals surface area contributed by atoms with Gasteiger partial charge in [0.25, 0.3) is 0 Å². The maximum absolute atomic E-state index is 12.2. The van der Waals surface area contributed by atoms with Crippen LogP contribution in [0.2, 0.25) is 0 Å². The second-order valence-electron chi connectivity index (χ2n) is 5.07. The second kappa shape index (κ2) is 6.99. The SMILES string of the molecule is CC(=O)N1CCCN(CC(=O)c2cccc(Br)c2)CC1. The topological polar surface area (TPSA) is 40.6 Å². The van der Waals surface area contributed by atoms with Gasteiger partial charge in [-0.05, 0) is 18.6 Å².